The van der Waals surface area contributed by atoms with E-state index in [1.165, 1.54) is 5.56 Å². The molecule has 1 unspecified atom stereocenters. The van der Waals surface area contributed by atoms with Gasteiger partial charge in [-0.05, 0) is 12.5 Å². The van der Waals surface area contributed by atoms with E-state index in [1.54, 1.807) is 0 Å². The number of hydrogen-bond acceptors (Lipinski definition) is 5. The van der Waals surface area contributed by atoms with Gasteiger partial charge in [0, 0.05) is 32.2 Å². The van der Waals surface area contributed by atoms with Crippen LogP contribution >= 0.6 is 0 Å². The van der Waals surface area contributed by atoms with Crippen molar-refractivity contribution in [3.63, 3.8) is 0 Å². The fourth-order valence-corrected chi connectivity index (χ4v) is 2.99. The Morgan fingerprint density at radius 3 is 2.19 bits per heavy atom. The summed E-state index contributed by atoms with van der Waals surface area (Å²) in [6.45, 7) is 5.36. The van der Waals surface area contributed by atoms with Crippen molar-refractivity contribution < 1.29 is 0 Å². The minimum absolute atomic E-state index is 0.129. The van der Waals surface area contributed by atoms with E-state index in [2.05, 4.69) is 24.0 Å². The van der Waals surface area contributed by atoms with E-state index in [0.717, 1.165) is 26.2 Å². The Balaban J connectivity index is 1.66. The maximum Gasteiger partial charge on any atom is 0.253 e. The van der Waals surface area contributed by atoms with E-state index in [0.29, 0.717) is 11.7 Å². The maximum atomic E-state index is 11.6. The molecule has 5 nitrogen and oxygen atoms in total. The van der Waals surface area contributed by atoms with Gasteiger partial charge >= 0.3 is 0 Å². The number of rotatable bonds is 3. The molecule has 2 aromatic rings. The van der Waals surface area contributed by atoms with Gasteiger partial charge in [0.2, 0.25) is 0 Å². The zero-order valence-electron chi connectivity index (χ0n) is 12.1. The molecule has 1 fully saturated rings. The molecule has 21 heavy (non-hydrogen) atoms. The second-order valence-electron chi connectivity index (χ2n) is 5.53. The van der Waals surface area contributed by atoms with Crippen LogP contribution in [0.4, 0.5) is 11.4 Å². The molecule has 1 aliphatic rings. The molecule has 1 atom stereocenters. The van der Waals surface area contributed by atoms with Crippen molar-refractivity contribution in [1.82, 2.24) is 4.90 Å². The van der Waals surface area contributed by atoms with E-state index in [-0.39, 0.29) is 5.69 Å². The van der Waals surface area contributed by atoms with Crippen molar-refractivity contribution in [2.24, 2.45) is 0 Å². The first kappa shape index (κ1) is 13.8. The van der Waals surface area contributed by atoms with E-state index in [1.807, 2.05) is 23.1 Å². The third kappa shape index (κ3) is 2.34. The predicted octanol–water partition coefficient (Wildman–Crippen LogP) is 0.748. The van der Waals surface area contributed by atoms with Crippen LogP contribution in [0.1, 0.15) is 18.5 Å². The molecule has 1 aliphatic heterocycles. The number of nitrogens with zero attached hydrogens (tertiary/aromatic N) is 2. The number of piperazine rings is 1. The largest absolute Gasteiger partial charge is 0.394 e. The van der Waals surface area contributed by atoms with Gasteiger partial charge < -0.3 is 10.6 Å². The monoisotopic (exact) mass is 285 g/mol. The van der Waals surface area contributed by atoms with Gasteiger partial charge in [0.05, 0.1) is 0 Å². The topological polar surface area (TPSA) is 66.6 Å². The highest BCUT2D eigenvalue weighted by Crippen LogP contribution is 2.24. The Labute approximate surface area is 123 Å². The van der Waals surface area contributed by atoms with E-state index in [9.17, 15) is 9.59 Å². The van der Waals surface area contributed by atoms with E-state index < -0.39 is 10.9 Å². The molecule has 0 aromatic heterocycles. The smallest absolute Gasteiger partial charge is 0.253 e. The first-order valence-electron chi connectivity index (χ1n) is 7.22. The van der Waals surface area contributed by atoms with Gasteiger partial charge in [-0.3, -0.25) is 14.5 Å². The molecular weight excluding hydrogens is 266 g/mol. The zero-order valence-corrected chi connectivity index (χ0v) is 12.1. The molecule has 110 valence electrons. The number of nitrogens with two attached hydrogens (primary N) is 1. The molecule has 2 aromatic carbocycles. The molecule has 0 radical (unpaired) electrons. The molecule has 0 aliphatic carbocycles. The maximum absolute atomic E-state index is 11.6. The van der Waals surface area contributed by atoms with Gasteiger partial charge in [-0.25, -0.2) is 0 Å². The third-order valence-corrected chi connectivity index (χ3v) is 4.38. The Bertz CT molecular complexity index is 696. The van der Waals surface area contributed by atoms with Crippen LogP contribution in [0, 0.1) is 0 Å². The fraction of sp³-hybridized carbons (Fsp3) is 0.375. The first-order chi connectivity index (χ1) is 10.1. The number of anilines is 2. The summed E-state index contributed by atoms with van der Waals surface area (Å²) in [4.78, 5) is 27.1. The highest BCUT2D eigenvalue weighted by Gasteiger charge is 2.28. The summed E-state index contributed by atoms with van der Waals surface area (Å²) >= 11 is 0. The van der Waals surface area contributed by atoms with Crippen LogP contribution in [-0.2, 0) is 0 Å². The standard InChI is InChI=1S/C16H19N3O2/c1-11(12-5-3-2-4-6-12)18-7-9-19(10-8-18)14-13(17)15(20)16(14)21/h2-6,11H,7-10,17H2,1H3. The van der Waals surface area contributed by atoms with E-state index in [4.69, 9.17) is 5.73 Å². The summed E-state index contributed by atoms with van der Waals surface area (Å²) in [6, 6.07) is 10.7. The van der Waals surface area contributed by atoms with Gasteiger partial charge in [0.25, 0.3) is 10.9 Å². The van der Waals surface area contributed by atoms with E-state index >= 15 is 0 Å². The van der Waals surface area contributed by atoms with Gasteiger partial charge in [-0.2, -0.15) is 0 Å². The number of benzene rings is 1. The Morgan fingerprint density at radius 1 is 1.00 bits per heavy atom. The zero-order chi connectivity index (χ0) is 15.0. The third-order valence-electron chi connectivity index (χ3n) is 4.38. The van der Waals surface area contributed by atoms with Crippen LogP contribution in [0.5, 0.6) is 0 Å². The summed E-state index contributed by atoms with van der Waals surface area (Å²) < 4.78 is 0. The highest BCUT2D eigenvalue weighted by molar-refractivity contribution is 5.72. The summed E-state index contributed by atoms with van der Waals surface area (Å²) in [6.07, 6.45) is 0. The molecule has 0 amide bonds. The molecule has 1 saturated heterocycles. The van der Waals surface area contributed by atoms with Crippen molar-refractivity contribution in [2.75, 3.05) is 36.8 Å². The lowest BCUT2D eigenvalue weighted by molar-refractivity contribution is 0.198. The predicted molar refractivity (Wildman–Crippen MR) is 84.4 cm³/mol. The van der Waals surface area contributed by atoms with Crippen molar-refractivity contribution in [1.29, 1.82) is 0 Å². The molecule has 2 N–H and O–H groups in total. The Kier molecular flexibility index (Phi) is 3.51. The molecule has 0 saturated carbocycles. The van der Waals surface area contributed by atoms with Crippen LogP contribution in [0.3, 0.4) is 0 Å². The van der Waals surface area contributed by atoms with Crippen molar-refractivity contribution in [3.05, 3.63) is 56.3 Å². The van der Waals surface area contributed by atoms with Crippen LogP contribution in [0.15, 0.2) is 39.9 Å². The van der Waals surface area contributed by atoms with Crippen LogP contribution in [-0.4, -0.2) is 31.1 Å². The Hall–Kier alpha value is -2.14. The van der Waals surface area contributed by atoms with Gasteiger partial charge in [-0.15, -0.1) is 0 Å². The number of nitrogen functional groups attached to an aromatic ring is 1. The molecule has 0 bridgehead atoms. The van der Waals surface area contributed by atoms with Gasteiger partial charge in [0.15, 0.2) is 0 Å². The highest BCUT2D eigenvalue weighted by atomic mass is 16.2. The second-order valence-corrected chi connectivity index (χ2v) is 5.53. The summed E-state index contributed by atoms with van der Waals surface area (Å²) in [5.41, 5.74) is 6.50. The summed E-state index contributed by atoms with van der Waals surface area (Å²) in [5, 5.41) is 0. The van der Waals surface area contributed by atoms with Crippen LogP contribution in [0.2, 0.25) is 0 Å². The number of hydrogen-bond donors (Lipinski definition) is 1. The summed E-state index contributed by atoms with van der Waals surface area (Å²) in [7, 11) is 0. The average molecular weight is 285 g/mol. The SMILES string of the molecule is CC(c1ccccc1)N1CCN(c2c(N)c(=O)c2=O)CC1. The minimum atomic E-state index is -0.537. The minimum Gasteiger partial charge on any atom is -0.394 e. The van der Waals surface area contributed by atoms with Crippen LogP contribution < -0.4 is 21.5 Å². The molecule has 5 heteroatoms. The average Bonchev–Trinajstić information content (AvgIpc) is 2.55. The van der Waals surface area contributed by atoms with Crippen molar-refractivity contribution >= 4 is 11.4 Å². The molecule has 1 heterocycles. The normalized spacial score (nSPS) is 18.0. The van der Waals surface area contributed by atoms with Crippen LogP contribution in [0.25, 0.3) is 0 Å². The quantitative estimate of drug-likeness (QED) is 0.843. The molecular formula is C16H19N3O2. The van der Waals surface area contributed by atoms with Crippen molar-refractivity contribution in [2.45, 2.75) is 13.0 Å². The fourth-order valence-electron chi connectivity index (χ4n) is 2.99. The Morgan fingerprint density at radius 2 is 1.62 bits per heavy atom. The lowest BCUT2D eigenvalue weighted by Crippen LogP contribution is -2.52. The first-order valence-corrected chi connectivity index (χ1v) is 7.22. The lowest BCUT2D eigenvalue weighted by Gasteiger charge is -2.39. The van der Waals surface area contributed by atoms with Gasteiger partial charge in [-0.1, -0.05) is 30.3 Å². The molecule has 3 rings (SSSR count). The molecule has 0 spiro atoms. The summed E-state index contributed by atoms with van der Waals surface area (Å²) in [5.74, 6) is 0. The van der Waals surface area contributed by atoms with Gasteiger partial charge in [0.1, 0.15) is 11.4 Å². The second kappa shape index (κ2) is 5.33. The van der Waals surface area contributed by atoms with Crippen molar-refractivity contribution in [3.8, 4) is 0 Å². The lowest BCUT2D eigenvalue weighted by atomic mass is 10.1.